The second kappa shape index (κ2) is 7.78. The third-order valence-corrected chi connectivity index (χ3v) is 6.55. The molecule has 2 aromatic carbocycles. The lowest BCUT2D eigenvalue weighted by Gasteiger charge is -2.07. The fraction of sp³-hybridized carbons (Fsp3) is 0.0769. The van der Waals surface area contributed by atoms with Crippen LogP contribution in [0.3, 0.4) is 0 Å². The number of aryl methyl sites for hydroxylation is 1. The van der Waals surface area contributed by atoms with Crippen LogP contribution in [0.2, 0.25) is 0 Å². The van der Waals surface area contributed by atoms with E-state index in [1.165, 1.54) is 24.5 Å². The zero-order valence-electron chi connectivity index (χ0n) is 18.4. The summed E-state index contributed by atoms with van der Waals surface area (Å²) in [6, 6.07) is 13.6. The molecule has 0 unspecified atom stereocenters. The molecule has 6 rings (SSSR count). The Balaban J connectivity index is 1.53. The van der Waals surface area contributed by atoms with Crippen molar-refractivity contribution in [2.75, 3.05) is 7.11 Å². The summed E-state index contributed by atoms with van der Waals surface area (Å²) in [6.07, 6.45) is 0. The molecule has 0 bridgehead atoms. The molecule has 35 heavy (non-hydrogen) atoms. The lowest BCUT2D eigenvalue weighted by atomic mass is 10.1. The van der Waals surface area contributed by atoms with Crippen molar-refractivity contribution in [1.29, 1.82) is 0 Å². The maximum Gasteiger partial charge on any atom is 0.348 e. The molecule has 4 aromatic heterocycles. The van der Waals surface area contributed by atoms with Gasteiger partial charge in [0.15, 0.2) is 0 Å². The van der Waals surface area contributed by atoms with Gasteiger partial charge in [-0.1, -0.05) is 18.2 Å². The zero-order valence-corrected chi connectivity index (χ0v) is 19.2. The molecule has 4 heterocycles. The summed E-state index contributed by atoms with van der Waals surface area (Å²) >= 11 is 1.18. The molecule has 0 aliphatic carbocycles. The summed E-state index contributed by atoms with van der Waals surface area (Å²) in [6.45, 7) is 1.83. The summed E-state index contributed by atoms with van der Waals surface area (Å²) < 4.78 is 21.9. The predicted octanol–water partition coefficient (Wildman–Crippen LogP) is 5.11. The number of benzene rings is 2. The monoisotopic (exact) mass is 485 g/mol. The van der Waals surface area contributed by atoms with Crippen molar-refractivity contribution in [3.05, 3.63) is 90.5 Å². The molecule has 0 saturated heterocycles. The molecular formula is C26H15NO7S. The number of ether oxygens (including phenoxy) is 1. The standard InChI is InChI=1S/C26H15NO7S/c1-12-7-19(31-2)21-20(8-12)33-26-15(22(21)28)10-14(24(29)34-26)17-11-35-23(27-17)16-9-13-5-3-4-6-18(13)32-25(16)30/h3-11H,1-2H3. The minimum atomic E-state index is -0.720. The van der Waals surface area contributed by atoms with Gasteiger partial charge in [0.2, 0.25) is 5.43 Å². The van der Waals surface area contributed by atoms with Gasteiger partial charge >= 0.3 is 17.0 Å². The van der Waals surface area contributed by atoms with E-state index in [0.717, 1.165) is 10.9 Å². The number of nitrogens with zero attached hydrogens (tertiary/aromatic N) is 1. The number of rotatable bonds is 3. The molecule has 0 amide bonds. The van der Waals surface area contributed by atoms with E-state index in [9.17, 15) is 14.4 Å². The highest BCUT2D eigenvalue weighted by molar-refractivity contribution is 7.13. The van der Waals surface area contributed by atoms with Crippen LogP contribution in [0.1, 0.15) is 5.56 Å². The Morgan fingerprint density at radius 3 is 2.51 bits per heavy atom. The number of para-hydroxylation sites is 1. The number of thiazole rings is 1. The average molecular weight is 485 g/mol. The van der Waals surface area contributed by atoms with E-state index in [0.29, 0.717) is 16.3 Å². The molecule has 0 N–H and O–H groups in total. The lowest BCUT2D eigenvalue weighted by Crippen LogP contribution is -2.09. The second-order valence-corrected chi connectivity index (χ2v) is 8.80. The summed E-state index contributed by atoms with van der Waals surface area (Å²) in [4.78, 5) is 43.1. The van der Waals surface area contributed by atoms with Gasteiger partial charge in [0.1, 0.15) is 32.7 Å². The van der Waals surface area contributed by atoms with Crippen molar-refractivity contribution in [2.24, 2.45) is 0 Å². The van der Waals surface area contributed by atoms with Gasteiger partial charge in [0, 0.05) is 10.8 Å². The minimum Gasteiger partial charge on any atom is -0.496 e. The highest BCUT2D eigenvalue weighted by Gasteiger charge is 2.20. The van der Waals surface area contributed by atoms with Crippen LogP contribution in [0.5, 0.6) is 5.75 Å². The predicted molar refractivity (Wildman–Crippen MR) is 132 cm³/mol. The first-order chi connectivity index (χ1) is 16.9. The van der Waals surface area contributed by atoms with Gasteiger partial charge in [-0.05, 0) is 42.8 Å². The van der Waals surface area contributed by atoms with Crippen LogP contribution in [0.4, 0.5) is 0 Å². The Hall–Kier alpha value is -4.50. The van der Waals surface area contributed by atoms with Crippen molar-refractivity contribution in [2.45, 2.75) is 6.92 Å². The van der Waals surface area contributed by atoms with Crippen molar-refractivity contribution in [1.82, 2.24) is 4.98 Å². The maximum atomic E-state index is 13.3. The van der Waals surface area contributed by atoms with E-state index < -0.39 is 16.7 Å². The van der Waals surface area contributed by atoms with Crippen LogP contribution in [0, 0.1) is 6.92 Å². The molecule has 0 aliphatic heterocycles. The average Bonchev–Trinajstić information content (AvgIpc) is 3.32. The third-order valence-electron chi connectivity index (χ3n) is 5.67. The molecule has 0 aliphatic rings. The van der Waals surface area contributed by atoms with Gasteiger partial charge in [0.25, 0.3) is 0 Å². The van der Waals surface area contributed by atoms with Crippen LogP contribution < -0.4 is 21.4 Å². The van der Waals surface area contributed by atoms with E-state index in [1.807, 2.05) is 19.1 Å². The zero-order chi connectivity index (χ0) is 24.3. The SMILES string of the molecule is COc1cc(C)cc2oc3oc(=O)c(-c4csc(-c5cc6ccccc6oc5=O)n4)cc3c(=O)c12. The normalized spacial score (nSPS) is 11.5. The summed E-state index contributed by atoms with van der Waals surface area (Å²) in [5, 5.41) is 3.07. The van der Waals surface area contributed by atoms with Crippen LogP contribution in [0.25, 0.3) is 54.9 Å². The van der Waals surface area contributed by atoms with Gasteiger partial charge in [0.05, 0.1) is 23.9 Å². The number of aromatic nitrogens is 1. The fourth-order valence-electron chi connectivity index (χ4n) is 4.02. The van der Waals surface area contributed by atoms with Crippen molar-refractivity contribution >= 4 is 44.4 Å². The fourth-order valence-corrected chi connectivity index (χ4v) is 4.85. The number of fused-ring (bicyclic) bond motifs is 3. The minimum absolute atomic E-state index is 0.0721. The van der Waals surface area contributed by atoms with E-state index >= 15 is 0 Å². The molecule has 8 nitrogen and oxygen atoms in total. The van der Waals surface area contributed by atoms with E-state index in [2.05, 4.69) is 4.98 Å². The maximum absolute atomic E-state index is 13.3. The van der Waals surface area contributed by atoms with Crippen molar-refractivity contribution in [3.63, 3.8) is 0 Å². The number of methoxy groups -OCH3 is 1. The summed E-state index contributed by atoms with van der Waals surface area (Å²) in [7, 11) is 1.47. The molecular weight excluding hydrogens is 470 g/mol. The molecule has 172 valence electrons. The van der Waals surface area contributed by atoms with E-state index in [4.69, 9.17) is 18.0 Å². The van der Waals surface area contributed by atoms with Gasteiger partial charge in [-0.3, -0.25) is 4.79 Å². The topological polar surface area (TPSA) is 113 Å². The number of hydrogen-bond acceptors (Lipinski definition) is 9. The largest absolute Gasteiger partial charge is 0.496 e. The molecule has 0 fully saturated rings. The molecule has 9 heteroatoms. The molecule has 0 radical (unpaired) electrons. The van der Waals surface area contributed by atoms with Crippen LogP contribution in [-0.4, -0.2) is 12.1 Å². The van der Waals surface area contributed by atoms with Gasteiger partial charge < -0.3 is 18.0 Å². The van der Waals surface area contributed by atoms with Crippen LogP contribution >= 0.6 is 11.3 Å². The van der Waals surface area contributed by atoms with E-state index in [-0.39, 0.29) is 39.0 Å². The Morgan fingerprint density at radius 2 is 1.69 bits per heavy atom. The smallest absolute Gasteiger partial charge is 0.348 e. The Labute approximate surface area is 199 Å². The first-order valence-electron chi connectivity index (χ1n) is 10.5. The quantitative estimate of drug-likeness (QED) is 0.251. The highest BCUT2D eigenvalue weighted by Crippen LogP contribution is 2.31. The Bertz CT molecular complexity index is 1980. The highest BCUT2D eigenvalue weighted by atomic mass is 32.1. The second-order valence-electron chi connectivity index (χ2n) is 7.94. The molecule has 0 saturated carbocycles. The summed E-state index contributed by atoms with van der Waals surface area (Å²) in [5.74, 6) is 0.178. The van der Waals surface area contributed by atoms with Crippen LogP contribution in [0.15, 0.2) is 81.5 Å². The third kappa shape index (κ3) is 3.36. The first kappa shape index (κ1) is 21.1. The molecule has 6 aromatic rings. The van der Waals surface area contributed by atoms with Gasteiger partial charge in [-0.25, -0.2) is 14.6 Å². The molecule has 0 atom stereocenters. The number of hydrogen-bond donors (Lipinski definition) is 0. The first-order valence-corrected chi connectivity index (χ1v) is 11.4. The van der Waals surface area contributed by atoms with Crippen molar-refractivity contribution in [3.8, 4) is 27.6 Å². The lowest BCUT2D eigenvalue weighted by molar-refractivity contribution is 0.417. The summed E-state index contributed by atoms with van der Waals surface area (Å²) in [5.41, 5.74) is 0.513. The Morgan fingerprint density at radius 1 is 0.886 bits per heavy atom. The Kier molecular flexibility index (Phi) is 4.68. The van der Waals surface area contributed by atoms with Crippen molar-refractivity contribution < 1.29 is 18.0 Å². The van der Waals surface area contributed by atoms with Gasteiger partial charge in [-0.2, -0.15) is 0 Å². The van der Waals surface area contributed by atoms with Gasteiger partial charge in [-0.15, -0.1) is 11.3 Å². The van der Waals surface area contributed by atoms with Crippen LogP contribution in [-0.2, 0) is 0 Å². The van der Waals surface area contributed by atoms with E-state index in [1.54, 1.807) is 35.7 Å². The molecule has 0 spiro atoms.